The number of carbonyl (C=O) groups is 3. The number of rotatable bonds is 8. The Morgan fingerprint density at radius 1 is 0.800 bits per heavy atom. The third kappa shape index (κ3) is 5.26. The van der Waals surface area contributed by atoms with E-state index in [2.05, 4.69) is 0 Å². The molecule has 40 heavy (non-hydrogen) atoms. The lowest BCUT2D eigenvalue weighted by molar-refractivity contribution is -0.212. The van der Waals surface area contributed by atoms with Crippen LogP contribution in [0.3, 0.4) is 0 Å². The zero-order chi connectivity index (χ0) is 27.7. The van der Waals surface area contributed by atoms with Gasteiger partial charge in [0.05, 0.1) is 12.1 Å². The maximum Gasteiger partial charge on any atom is 0.338 e. The zero-order valence-electron chi connectivity index (χ0n) is 22.2. The molecule has 7 heteroatoms. The van der Waals surface area contributed by atoms with Gasteiger partial charge in [-0.15, -0.1) is 0 Å². The van der Waals surface area contributed by atoms with Crippen LogP contribution < -0.4 is 4.90 Å². The van der Waals surface area contributed by atoms with E-state index in [1.54, 1.807) is 48.5 Å². The molecule has 3 atom stereocenters. The first kappa shape index (κ1) is 26.3. The second-order valence-electron chi connectivity index (χ2n) is 11.4. The van der Waals surface area contributed by atoms with E-state index in [9.17, 15) is 19.5 Å². The van der Waals surface area contributed by atoms with Gasteiger partial charge in [-0.2, -0.15) is 0 Å². The van der Waals surface area contributed by atoms with Crippen LogP contribution in [0.2, 0.25) is 0 Å². The van der Waals surface area contributed by atoms with E-state index in [1.165, 1.54) is 4.90 Å². The lowest BCUT2D eigenvalue weighted by Gasteiger charge is -2.58. The van der Waals surface area contributed by atoms with Gasteiger partial charge in [0, 0.05) is 23.1 Å². The fourth-order valence-corrected chi connectivity index (χ4v) is 7.17. The van der Waals surface area contributed by atoms with Crippen molar-refractivity contribution >= 4 is 23.5 Å². The van der Waals surface area contributed by atoms with Crippen molar-refractivity contribution in [2.75, 3.05) is 11.4 Å². The van der Waals surface area contributed by atoms with E-state index in [0.29, 0.717) is 35.6 Å². The number of hydrogen-bond donors (Lipinski definition) is 1. The van der Waals surface area contributed by atoms with Crippen LogP contribution in [-0.4, -0.2) is 47.3 Å². The number of aliphatic hydroxyl groups is 1. The molecule has 0 aromatic heterocycles. The maximum absolute atomic E-state index is 13.4. The SMILES string of the molecule is O=C(OC1C2CC3CC1CC(OC(=O)C(O)CN(C(=O)c1ccccc1)c1ccccc1)(C3)C2)c1ccccc1. The summed E-state index contributed by atoms with van der Waals surface area (Å²) >= 11 is 0. The summed E-state index contributed by atoms with van der Waals surface area (Å²) in [6.07, 6.45) is 2.15. The minimum absolute atomic E-state index is 0.115. The molecule has 3 unspecified atom stereocenters. The molecule has 4 aliphatic rings. The Bertz CT molecular complexity index is 1350. The highest BCUT2D eigenvalue weighted by molar-refractivity contribution is 6.06. The number of anilines is 1. The molecule has 7 rings (SSSR count). The van der Waals surface area contributed by atoms with E-state index >= 15 is 0 Å². The van der Waals surface area contributed by atoms with Crippen molar-refractivity contribution in [3.05, 3.63) is 102 Å². The van der Waals surface area contributed by atoms with Gasteiger partial charge in [-0.25, -0.2) is 9.59 Å². The van der Waals surface area contributed by atoms with Gasteiger partial charge in [-0.05, 0) is 74.4 Å². The Morgan fingerprint density at radius 3 is 1.95 bits per heavy atom. The number of para-hydroxylation sites is 1. The summed E-state index contributed by atoms with van der Waals surface area (Å²) in [6.45, 7) is -0.222. The van der Waals surface area contributed by atoms with Crippen molar-refractivity contribution < 1.29 is 29.0 Å². The molecule has 4 fully saturated rings. The van der Waals surface area contributed by atoms with E-state index in [1.807, 2.05) is 42.5 Å². The Morgan fingerprint density at radius 2 is 1.35 bits per heavy atom. The molecule has 0 aliphatic heterocycles. The summed E-state index contributed by atoms with van der Waals surface area (Å²) in [5, 5.41) is 11.0. The Hall–Kier alpha value is -3.97. The van der Waals surface area contributed by atoms with Crippen molar-refractivity contribution in [2.24, 2.45) is 17.8 Å². The van der Waals surface area contributed by atoms with Crippen molar-refractivity contribution in [3.8, 4) is 0 Å². The molecule has 206 valence electrons. The minimum Gasteiger partial charge on any atom is -0.458 e. The summed E-state index contributed by atoms with van der Waals surface area (Å²) in [5.41, 5.74) is 0.907. The highest BCUT2D eigenvalue weighted by Crippen LogP contribution is 2.58. The fourth-order valence-electron chi connectivity index (χ4n) is 7.17. The summed E-state index contributed by atoms with van der Waals surface area (Å²) < 4.78 is 12.1. The molecule has 4 saturated carbocycles. The van der Waals surface area contributed by atoms with E-state index in [-0.39, 0.29) is 36.4 Å². The van der Waals surface area contributed by atoms with Crippen molar-refractivity contribution in [1.82, 2.24) is 0 Å². The number of aliphatic hydroxyl groups excluding tert-OH is 1. The van der Waals surface area contributed by atoms with Crippen LogP contribution in [0.25, 0.3) is 0 Å². The van der Waals surface area contributed by atoms with Gasteiger partial charge in [-0.3, -0.25) is 4.79 Å². The monoisotopic (exact) mass is 539 g/mol. The van der Waals surface area contributed by atoms with Gasteiger partial charge < -0.3 is 19.5 Å². The number of amides is 1. The largest absolute Gasteiger partial charge is 0.458 e. The number of hydrogen-bond acceptors (Lipinski definition) is 6. The molecule has 0 saturated heterocycles. The van der Waals surface area contributed by atoms with Crippen molar-refractivity contribution in [3.63, 3.8) is 0 Å². The normalized spacial score (nSPS) is 27.0. The highest BCUT2D eigenvalue weighted by atomic mass is 16.6. The maximum atomic E-state index is 13.4. The number of nitrogens with zero attached hydrogens (tertiary/aromatic N) is 1. The number of carbonyl (C=O) groups excluding carboxylic acids is 3. The second kappa shape index (κ2) is 10.9. The Balaban J connectivity index is 1.14. The molecule has 4 bridgehead atoms. The van der Waals surface area contributed by atoms with Crippen molar-refractivity contribution in [2.45, 2.75) is 49.9 Å². The van der Waals surface area contributed by atoms with Crippen LogP contribution in [0.4, 0.5) is 5.69 Å². The third-order valence-electron chi connectivity index (χ3n) is 8.66. The summed E-state index contributed by atoms with van der Waals surface area (Å²) in [7, 11) is 0. The van der Waals surface area contributed by atoms with Gasteiger partial charge in [0.15, 0.2) is 6.10 Å². The molecule has 1 amide bonds. The predicted molar refractivity (Wildman–Crippen MR) is 149 cm³/mol. The van der Waals surface area contributed by atoms with Gasteiger partial charge in [0.25, 0.3) is 5.91 Å². The molecule has 3 aromatic carbocycles. The average Bonchev–Trinajstić information content (AvgIpc) is 2.98. The van der Waals surface area contributed by atoms with E-state index < -0.39 is 17.7 Å². The topological polar surface area (TPSA) is 93.1 Å². The number of ether oxygens (including phenoxy) is 2. The average molecular weight is 540 g/mol. The quantitative estimate of drug-likeness (QED) is 0.403. The molecule has 1 N–H and O–H groups in total. The molecule has 0 heterocycles. The van der Waals surface area contributed by atoms with Crippen LogP contribution in [0.15, 0.2) is 91.0 Å². The van der Waals surface area contributed by atoms with Crippen LogP contribution >= 0.6 is 0 Å². The predicted octanol–water partition coefficient (Wildman–Crippen LogP) is 5.04. The highest BCUT2D eigenvalue weighted by Gasteiger charge is 2.59. The molecular formula is C33H33NO6. The van der Waals surface area contributed by atoms with Crippen molar-refractivity contribution in [1.29, 1.82) is 0 Å². The molecule has 4 aliphatic carbocycles. The van der Waals surface area contributed by atoms with Crippen LogP contribution in [0.5, 0.6) is 0 Å². The van der Waals surface area contributed by atoms with Crippen LogP contribution in [0.1, 0.15) is 52.8 Å². The standard InChI is InChI=1S/C33H33NO6/c35-28(21-34(27-14-8-3-9-15-27)30(36)23-10-4-1-5-11-23)32(38)40-33-18-22-16-25(19-33)29(26(17-22)20-33)39-31(37)24-12-6-2-7-13-24/h1-15,22,25-26,28-29,35H,16-21H2. The minimum atomic E-state index is -1.51. The van der Waals surface area contributed by atoms with Gasteiger partial charge in [0.1, 0.15) is 11.7 Å². The van der Waals surface area contributed by atoms with Gasteiger partial charge in [-0.1, -0.05) is 54.6 Å². The second-order valence-corrected chi connectivity index (χ2v) is 11.4. The number of benzene rings is 3. The summed E-state index contributed by atoms with van der Waals surface area (Å²) in [6, 6.07) is 26.8. The smallest absolute Gasteiger partial charge is 0.338 e. The number of esters is 2. The first-order chi connectivity index (χ1) is 19.4. The zero-order valence-corrected chi connectivity index (χ0v) is 22.2. The molecule has 7 nitrogen and oxygen atoms in total. The molecule has 3 aromatic rings. The first-order valence-electron chi connectivity index (χ1n) is 14.0. The molecule has 0 spiro atoms. The summed E-state index contributed by atoms with van der Waals surface area (Å²) in [5.74, 6) is -0.718. The molecule has 0 radical (unpaired) electrons. The fraction of sp³-hybridized carbons (Fsp3) is 0.364. The van der Waals surface area contributed by atoms with E-state index in [0.717, 1.165) is 19.3 Å². The van der Waals surface area contributed by atoms with E-state index in [4.69, 9.17) is 9.47 Å². The van der Waals surface area contributed by atoms with Gasteiger partial charge in [0.2, 0.25) is 0 Å². The lowest BCUT2D eigenvalue weighted by atomic mass is 9.53. The van der Waals surface area contributed by atoms with Crippen LogP contribution in [0, 0.1) is 17.8 Å². The van der Waals surface area contributed by atoms with Crippen LogP contribution in [-0.2, 0) is 14.3 Å². The lowest BCUT2D eigenvalue weighted by Crippen LogP contribution is -2.60. The summed E-state index contributed by atoms with van der Waals surface area (Å²) in [4.78, 5) is 40.9. The first-order valence-corrected chi connectivity index (χ1v) is 14.0. The third-order valence-corrected chi connectivity index (χ3v) is 8.66. The Labute approximate surface area is 233 Å². The molecular weight excluding hydrogens is 506 g/mol. The van der Waals surface area contributed by atoms with Gasteiger partial charge >= 0.3 is 11.9 Å². The Kier molecular flexibility index (Phi) is 7.15.